The Morgan fingerprint density at radius 1 is 1.06 bits per heavy atom. The molecule has 36 heavy (non-hydrogen) atoms. The molecular formula is C25H31N9O2. The summed E-state index contributed by atoms with van der Waals surface area (Å²) >= 11 is 0. The van der Waals surface area contributed by atoms with Crippen LogP contribution >= 0.6 is 0 Å². The molecule has 11 heteroatoms. The van der Waals surface area contributed by atoms with Crippen molar-refractivity contribution in [3.63, 3.8) is 0 Å². The van der Waals surface area contributed by atoms with Crippen molar-refractivity contribution in [3.05, 3.63) is 54.5 Å². The molecule has 0 aromatic carbocycles. The number of amides is 1. The normalized spacial score (nSPS) is 13.5. The van der Waals surface area contributed by atoms with Gasteiger partial charge in [-0.15, -0.1) is 0 Å². The van der Waals surface area contributed by atoms with Crippen LogP contribution in [0, 0.1) is 5.92 Å². The van der Waals surface area contributed by atoms with Crippen LogP contribution in [0.3, 0.4) is 0 Å². The number of pyridine rings is 1. The zero-order valence-corrected chi connectivity index (χ0v) is 21.4. The number of nitrogens with two attached hydrogens (primary N) is 1. The number of nitrogens with one attached hydrogen (secondary N) is 1. The Morgan fingerprint density at radius 3 is 2.39 bits per heavy atom. The van der Waals surface area contributed by atoms with Crippen LogP contribution in [0.1, 0.15) is 52.9 Å². The number of carbonyl (C=O) groups is 1. The first-order valence-corrected chi connectivity index (χ1v) is 11.7. The van der Waals surface area contributed by atoms with Crippen molar-refractivity contribution >= 4 is 11.9 Å². The van der Waals surface area contributed by atoms with Crippen LogP contribution in [0.2, 0.25) is 0 Å². The van der Waals surface area contributed by atoms with Crippen LogP contribution in [-0.2, 0) is 16.8 Å². The van der Waals surface area contributed by atoms with Gasteiger partial charge in [-0.05, 0) is 45.2 Å². The van der Waals surface area contributed by atoms with Gasteiger partial charge in [-0.25, -0.2) is 9.97 Å². The quantitative estimate of drug-likeness (QED) is 0.398. The Balaban J connectivity index is 1.57. The summed E-state index contributed by atoms with van der Waals surface area (Å²) < 4.78 is 7.16. The third-order valence-corrected chi connectivity index (χ3v) is 6.08. The molecule has 1 unspecified atom stereocenters. The zero-order valence-electron chi connectivity index (χ0n) is 21.4. The third-order valence-electron chi connectivity index (χ3n) is 6.08. The second-order valence-electron chi connectivity index (χ2n) is 10.3. The molecule has 3 N–H and O–H groups in total. The Morgan fingerprint density at radius 2 is 1.78 bits per heavy atom. The maximum Gasteiger partial charge on any atom is 0.261 e. The van der Waals surface area contributed by atoms with E-state index in [1.54, 1.807) is 29.5 Å². The second kappa shape index (κ2) is 9.48. The Bertz CT molecular complexity index is 1340. The lowest BCUT2D eigenvalue weighted by molar-refractivity contribution is -0.123. The number of carbonyl (C=O) groups excluding carboxylic acids is 1. The molecule has 11 nitrogen and oxygen atoms in total. The second-order valence-corrected chi connectivity index (χ2v) is 10.3. The van der Waals surface area contributed by atoms with Crippen LogP contribution in [0.25, 0.3) is 22.7 Å². The molecule has 4 heterocycles. The van der Waals surface area contributed by atoms with Crippen LogP contribution in [0.15, 0.2) is 47.6 Å². The molecule has 1 atom stereocenters. The summed E-state index contributed by atoms with van der Waals surface area (Å²) in [5, 5.41) is 11.5. The first-order chi connectivity index (χ1) is 17.0. The van der Waals surface area contributed by atoms with E-state index < -0.39 is 5.41 Å². The average Bonchev–Trinajstić information content (AvgIpc) is 3.48. The number of aromatic nitrogens is 7. The molecule has 0 spiro atoms. The summed E-state index contributed by atoms with van der Waals surface area (Å²) in [7, 11) is 0. The van der Waals surface area contributed by atoms with Crippen molar-refractivity contribution in [1.29, 1.82) is 0 Å². The van der Waals surface area contributed by atoms with Gasteiger partial charge in [0.05, 0.1) is 22.9 Å². The summed E-state index contributed by atoms with van der Waals surface area (Å²) in [5.41, 5.74) is 7.80. The Kier molecular flexibility index (Phi) is 6.57. The van der Waals surface area contributed by atoms with Gasteiger partial charge in [0.15, 0.2) is 5.82 Å². The smallest absolute Gasteiger partial charge is 0.261 e. The van der Waals surface area contributed by atoms with Gasteiger partial charge in [-0.2, -0.15) is 10.1 Å². The number of hydrogen-bond donors (Lipinski definition) is 2. The Hall–Kier alpha value is -4.15. The Labute approximate surface area is 209 Å². The minimum absolute atomic E-state index is 0.0963. The molecule has 0 radical (unpaired) electrons. The molecule has 4 aromatic rings. The van der Waals surface area contributed by atoms with Crippen LogP contribution < -0.4 is 11.1 Å². The van der Waals surface area contributed by atoms with E-state index >= 15 is 0 Å². The number of nitrogens with zero attached hydrogens (tertiary/aromatic N) is 7. The molecule has 0 aliphatic heterocycles. The highest BCUT2D eigenvalue weighted by molar-refractivity contribution is 5.76. The van der Waals surface area contributed by atoms with E-state index in [1.807, 2.05) is 39.1 Å². The maximum atomic E-state index is 12.2. The predicted molar refractivity (Wildman–Crippen MR) is 134 cm³/mol. The highest BCUT2D eigenvalue weighted by Crippen LogP contribution is 2.38. The van der Waals surface area contributed by atoms with Crippen molar-refractivity contribution in [1.82, 2.24) is 40.2 Å². The number of anilines is 1. The SMILES string of the molecule is CC(C)C(C)(c1ccc(-c2cnc(N)nc2)nc1)c1noc(-c2cnn(CC(=O)NC(C)(C)C)c2)n1. The van der Waals surface area contributed by atoms with Gasteiger partial charge in [-0.3, -0.25) is 14.5 Å². The molecule has 4 rings (SSSR count). The maximum absolute atomic E-state index is 12.2. The van der Waals surface area contributed by atoms with Gasteiger partial charge in [0.2, 0.25) is 11.9 Å². The lowest BCUT2D eigenvalue weighted by Crippen LogP contribution is -2.42. The molecule has 188 valence electrons. The summed E-state index contributed by atoms with van der Waals surface area (Å²) in [6.07, 6.45) is 8.43. The van der Waals surface area contributed by atoms with Crippen molar-refractivity contribution in [2.45, 2.75) is 59.0 Å². The van der Waals surface area contributed by atoms with E-state index in [0.717, 1.165) is 16.8 Å². The van der Waals surface area contributed by atoms with Gasteiger partial charge in [-0.1, -0.05) is 25.1 Å². The van der Waals surface area contributed by atoms with Crippen molar-refractivity contribution in [3.8, 4) is 22.7 Å². The highest BCUT2D eigenvalue weighted by atomic mass is 16.5. The fourth-order valence-corrected chi connectivity index (χ4v) is 3.78. The minimum atomic E-state index is -0.562. The number of rotatable bonds is 7. The number of hydrogen-bond acceptors (Lipinski definition) is 9. The van der Waals surface area contributed by atoms with E-state index in [4.69, 9.17) is 15.2 Å². The first kappa shape index (κ1) is 25.0. The fraction of sp³-hybridized carbons (Fsp3) is 0.400. The summed E-state index contributed by atoms with van der Waals surface area (Å²) in [5.74, 6) is 1.10. The van der Waals surface area contributed by atoms with Crippen LogP contribution in [0.4, 0.5) is 5.95 Å². The van der Waals surface area contributed by atoms with Gasteiger partial charge in [0, 0.05) is 35.9 Å². The first-order valence-electron chi connectivity index (χ1n) is 11.7. The fourth-order valence-electron chi connectivity index (χ4n) is 3.78. The molecular weight excluding hydrogens is 458 g/mol. The molecule has 4 aromatic heterocycles. The third kappa shape index (κ3) is 5.24. The lowest BCUT2D eigenvalue weighted by Gasteiger charge is -2.30. The van der Waals surface area contributed by atoms with Crippen LogP contribution in [0.5, 0.6) is 0 Å². The molecule has 0 bridgehead atoms. The van der Waals surface area contributed by atoms with Gasteiger partial charge >= 0.3 is 0 Å². The van der Waals surface area contributed by atoms with Gasteiger partial charge in [0.1, 0.15) is 6.54 Å². The largest absolute Gasteiger partial charge is 0.368 e. The van der Waals surface area contributed by atoms with Gasteiger partial charge in [0.25, 0.3) is 5.89 Å². The van der Waals surface area contributed by atoms with E-state index in [2.05, 4.69) is 51.3 Å². The van der Waals surface area contributed by atoms with E-state index in [1.165, 1.54) is 0 Å². The topological polar surface area (TPSA) is 151 Å². The van der Waals surface area contributed by atoms with Crippen molar-refractivity contribution < 1.29 is 9.32 Å². The standard InChI is InChI=1S/C25H31N9O2/c1-15(2)25(6,18-7-8-19(27-12-18)16-9-28-23(26)29-10-16)22-31-21(36-33-22)17-11-30-34(13-17)14-20(35)32-24(3,4)5/h7-13,15H,14H2,1-6H3,(H,32,35)(H2,26,28,29). The average molecular weight is 490 g/mol. The van der Waals surface area contributed by atoms with E-state index in [9.17, 15) is 4.79 Å². The molecule has 0 aliphatic carbocycles. The summed E-state index contributed by atoms with van der Waals surface area (Å²) in [6, 6.07) is 3.92. The lowest BCUT2D eigenvalue weighted by atomic mass is 9.73. The molecule has 0 aliphatic rings. The predicted octanol–water partition coefficient (Wildman–Crippen LogP) is 3.24. The number of nitrogen functional groups attached to an aromatic ring is 1. The molecule has 0 saturated heterocycles. The van der Waals surface area contributed by atoms with E-state index in [-0.39, 0.29) is 29.9 Å². The van der Waals surface area contributed by atoms with Crippen LogP contribution in [-0.4, -0.2) is 46.3 Å². The van der Waals surface area contributed by atoms with E-state index in [0.29, 0.717) is 17.3 Å². The molecule has 1 amide bonds. The molecule has 0 fully saturated rings. The summed E-state index contributed by atoms with van der Waals surface area (Å²) in [6.45, 7) is 12.2. The summed E-state index contributed by atoms with van der Waals surface area (Å²) in [4.78, 5) is 29.6. The monoisotopic (exact) mass is 489 g/mol. The molecule has 0 saturated carbocycles. The zero-order chi connectivity index (χ0) is 26.1. The minimum Gasteiger partial charge on any atom is -0.368 e. The van der Waals surface area contributed by atoms with Crippen molar-refractivity contribution in [2.75, 3.05) is 5.73 Å². The van der Waals surface area contributed by atoms with Gasteiger partial charge < -0.3 is 15.6 Å². The highest BCUT2D eigenvalue weighted by Gasteiger charge is 2.38. The van der Waals surface area contributed by atoms with Crippen molar-refractivity contribution in [2.24, 2.45) is 5.92 Å².